The van der Waals surface area contributed by atoms with Gasteiger partial charge in [-0.25, -0.2) is 4.39 Å². The van der Waals surface area contributed by atoms with Crippen LogP contribution in [0, 0.1) is 15.9 Å². The van der Waals surface area contributed by atoms with Crippen molar-refractivity contribution in [2.45, 2.75) is 0 Å². The lowest BCUT2D eigenvalue weighted by Crippen LogP contribution is -2.15. The largest absolute Gasteiger partial charge is 0.506 e. The van der Waals surface area contributed by atoms with E-state index in [0.717, 1.165) is 18.2 Å². The van der Waals surface area contributed by atoms with Crippen molar-refractivity contribution in [2.24, 2.45) is 0 Å². The summed E-state index contributed by atoms with van der Waals surface area (Å²) in [4.78, 5) is 21.8. The third-order valence-corrected chi connectivity index (χ3v) is 2.74. The predicted octanol–water partition coefficient (Wildman–Crippen LogP) is 2.27. The highest BCUT2D eigenvalue weighted by molar-refractivity contribution is 6.08. The summed E-state index contributed by atoms with van der Waals surface area (Å²) in [6.45, 7) is 0. The summed E-state index contributed by atoms with van der Waals surface area (Å²) in [5, 5.41) is 22.5. The number of nitrogens with two attached hydrogens (primary N) is 1. The maximum Gasteiger partial charge on any atom is 0.273 e. The molecule has 0 radical (unpaired) electrons. The van der Waals surface area contributed by atoms with Crippen LogP contribution in [0.25, 0.3) is 0 Å². The average Bonchev–Trinajstić information content (AvgIpc) is 2.43. The third-order valence-electron chi connectivity index (χ3n) is 2.74. The number of nitrogen functional groups attached to an aromatic ring is 1. The van der Waals surface area contributed by atoms with Crippen LogP contribution in [0.3, 0.4) is 0 Å². The lowest BCUT2D eigenvalue weighted by Gasteiger charge is -2.09. The highest BCUT2D eigenvalue weighted by Crippen LogP contribution is 2.28. The van der Waals surface area contributed by atoms with E-state index in [4.69, 9.17) is 5.73 Å². The molecule has 0 heterocycles. The molecule has 2 rings (SSSR count). The molecule has 2 aromatic carbocycles. The van der Waals surface area contributed by atoms with Crippen molar-refractivity contribution in [1.29, 1.82) is 0 Å². The molecule has 0 unspecified atom stereocenters. The van der Waals surface area contributed by atoms with Crippen molar-refractivity contribution >= 4 is 23.0 Å². The molecule has 2 aromatic rings. The lowest BCUT2D eigenvalue weighted by atomic mass is 10.1. The lowest BCUT2D eigenvalue weighted by molar-refractivity contribution is -0.384. The molecule has 1 amide bonds. The Balaban J connectivity index is 2.28. The van der Waals surface area contributed by atoms with Gasteiger partial charge in [0.05, 0.1) is 27.9 Å². The van der Waals surface area contributed by atoms with E-state index in [1.165, 1.54) is 18.2 Å². The smallest absolute Gasteiger partial charge is 0.273 e. The first-order valence-electron chi connectivity index (χ1n) is 5.73. The van der Waals surface area contributed by atoms with Gasteiger partial charge in [0, 0.05) is 6.07 Å². The van der Waals surface area contributed by atoms with E-state index < -0.39 is 22.4 Å². The second-order valence-electron chi connectivity index (χ2n) is 4.11. The standard InChI is InChI=1S/C13H10FN3O4/c14-9-3-1-2-8(12(9)15)13(19)16-10-5-4-7(17(20)21)6-11(10)18/h1-6,18H,15H2,(H,16,19). The number of hydrogen-bond acceptors (Lipinski definition) is 5. The summed E-state index contributed by atoms with van der Waals surface area (Å²) in [6.07, 6.45) is 0. The summed E-state index contributed by atoms with van der Waals surface area (Å²) < 4.78 is 13.3. The molecule has 7 nitrogen and oxygen atoms in total. The monoisotopic (exact) mass is 291 g/mol. The third kappa shape index (κ3) is 2.89. The van der Waals surface area contributed by atoms with Crippen molar-refractivity contribution in [2.75, 3.05) is 11.1 Å². The maximum atomic E-state index is 13.3. The van der Waals surface area contributed by atoms with Gasteiger partial charge in [0.2, 0.25) is 0 Å². The molecular formula is C13H10FN3O4. The number of anilines is 2. The normalized spacial score (nSPS) is 10.1. The van der Waals surface area contributed by atoms with Crippen molar-refractivity contribution in [1.82, 2.24) is 0 Å². The fourth-order valence-corrected chi connectivity index (χ4v) is 1.66. The van der Waals surface area contributed by atoms with E-state index in [0.29, 0.717) is 0 Å². The molecule has 108 valence electrons. The molecule has 0 atom stereocenters. The van der Waals surface area contributed by atoms with E-state index in [9.17, 15) is 24.4 Å². The van der Waals surface area contributed by atoms with Gasteiger partial charge in [-0.1, -0.05) is 6.07 Å². The Morgan fingerprint density at radius 1 is 1.33 bits per heavy atom. The molecule has 4 N–H and O–H groups in total. The van der Waals surface area contributed by atoms with Gasteiger partial charge in [0.15, 0.2) is 0 Å². The van der Waals surface area contributed by atoms with Crippen LogP contribution in [-0.4, -0.2) is 15.9 Å². The quantitative estimate of drug-likeness (QED) is 0.347. The average molecular weight is 291 g/mol. The minimum atomic E-state index is -0.740. The molecule has 0 saturated carbocycles. The number of aromatic hydroxyl groups is 1. The number of halogens is 1. The minimum Gasteiger partial charge on any atom is -0.506 e. The minimum absolute atomic E-state index is 0.0470. The van der Waals surface area contributed by atoms with Crippen LogP contribution in [-0.2, 0) is 0 Å². The van der Waals surface area contributed by atoms with Crippen LogP contribution in [0.5, 0.6) is 5.75 Å². The first-order valence-corrected chi connectivity index (χ1v) is 5.73. The second kappa shape index (κ2) is 5.45. The first-order chi connectivity index (χ1) is 9.90. The Morgan fingerprint density at radius 3 is 2.67 bits per heavy atom. The van der Waals surface area contributed by atoms with Gasteiger partial charge in [0.25, 0.3) is 11.6 Å². The number of carbonyl (C=O) groups excluding carboxylic acids is 1. The van der Waals surface area contributed by atoms with E-state index in [1.807, 2.05) is 0 Å². The van der Waals surface area contributed by atoms with Crippen LogP contribution in [0.2, 0.25) is 0 Å². The zero-order valence-corrected chi connectivity index (χ0v) is 10.5. The van der Waals surface area contributed by atoms with Crippen LogP contribution < -0.4 is 11.1 Å². The number of hydrogen-bond donors (Lipinski definition) is 3. The van der Waals surface area contributed by atoms with Crippen molar-refractivity contribution < 1.29 is 19.2 Å². The Bertz CT molecular complexity index is 733. The zero-order valence-electron chi connectivity index (χ0n) is 10.5. The van der Waals surface area contributed by atoms with E-state index >= 15 is 0 Å². The number of para-hydroxylation sites is 1. The highest BCUT2D eigenvalue weighted by atomic mass is 19.1. The molecular weight excluding hydrogens is 281 g/mol. The molecule has 21 heavy (non-hydrogen) atoms. The Kier molecular flexibility index (Phi) is 3.70. The first kappa shape index (κ1) is 14.3. The number of nitrogens with zero attached hydrogens (tertiary/aromatic N) is 1. The zero-order chi connectivity index (χ0) is 15.6. The molecule has 0 aliphatic heterocycles. The highest BCUT2D eigenvalue weighted by Gasteiger charge is 2.16. The Hall–Kier alpha value is -3.16. The van der Waals surface area contributed by atoms with E-state index in [2.05, 4.69) is 5.32 Å². The van der Waals surface area contributed by atoms with Crippen LogP contribution >= 0.6 is 0 Å². The molecule has 0 fully saturated rings. The predicted molar refractivity (Wildman–Crippen MR) is 73.5 cm³/mol. The summed E-state index contributed by atoms with van der Waals surface area (Å²) in [5.74, 6) is -1.96. The maximum absolute atomic E-state index is 13.3. The van der Waals surface area contributed by atoms with Crippen molar-refractivity contribution in [3.63, 3.8) is 0 Å². The van der Waals surface area contributed by atoms with Gasteiger partial charge < -0.3 is 16.2 Å². The fraction of sp³-hybridized carbons (Fsp3) is 0. The van der Waals surface area contributed by atoms with Crippen molar-refractivity contribution in [3.05, 3.63) is 57.9 Å². The van der Waals surface area contributed by atoms with Gasteiger partial charge in [-0.3, -0.25) is 14.9 Å². The molecule has 0 spiro atoms. The number of nitro benzene ring substituents is 1. The molecule has 0 saturated heterocycles. The van der Waals surface area contributed by atoms with Gasteiger partial charge in [-0.15, -0.1) is 0 Å². The van der Waals surface area contributed by atoms with E-state index in [1.54, 1.807) is 0 Å². The molecule has 0 bridgehead atoms. The van der Waals surface area contributed by atoms with Crippen molar-refractivity contribution in [3.8, 4) is 5.75 Å². The summed E-state index contributed by atoms with van der Waals surface area (Å²) in [7, 11) is 0. The number of rotatable bonds is 3. The van der Waals surface area contributed by atoms with E-state index in [-0.39, 0.29) is 22.6 Å². The Labute approximate surface area is 118 Å². The van der Waals surface area contributed by atoms with Gasteiger partial charge >= 0.3 is 0 Å². The number of phenols is 1. The van der Waals surface area contributed by atoms with Gasteiger partial charge in [-0.05, 0) is 18.2 Å². The number of amides is 1. The van der Waals surface area contributed by atoms with Crippen LogP contribution in [0.4, 0.5) is 21.5 Å². The van der Waals surface area contributed by atoms with Gasteiger partial charge in [0.1, 0.15) is 11.6 Å². The number of phenolic OH excluding ortho intramolecular Hbond substituents is 1. The SMILES string of the molecule is Nc1c(F)cccc1C(=O)Nc1ccc([N+](=O)[O-])cc1O. The fourth-order valence-electron chi connectivity index (χ4n) is 1.66. The number of non-ortho nitro benzene ring substituents is 1. The molecule has 0 aliphatic carbocycles. The summed E-state index contributed by atoms with van der Waals surface area (Å²) in [6, 6.07) is 6.91. The number of carbonyl (C=O) groups is 1. The second-order valence-corrected chi connectivity index (χ2v) is 4.11. The topological polar surface area (TPSA) is 118 Å². The number of nitrogens with one attached hydrogen (secondary N) is 1. The molecule has 0 aliphatic rings. The van der Waals surface area contributed by atoms with Crippen LogP contribution in [0.15, 0.2) is 36.4 Å². The Morgan fingerprint density at radius 2 is 2.05 bits per heavy atom. The molecule has 0 aromatic heterocycles. The number of benzene rings is 2. The summed E-state index contributed by atoms with van der Waals surface area (Å²) >= 11 is 0. The van der Waals surface area contributed by atoms with Gasteiger partial charge in [-0.2, -0.15) is 0 Å². The van der Waals surface area contributed by atoms with Crippen LogP contribution in [0.1, 0.15) is 10.4 Å². The molecule has 8 heteroatoms. The summed E-state index contributed by atoms with van der Waals surface area (Å²) in [5.41, 5.74) is 4.65. The number of nitro groups is 1.